The molecule has 0 saturated carbocycles. The number of carbonyl (C=O) groups is 1. The minimum absolute atomic E-state index is 0.149. The first kappa shape index (κ1) is 29.1. The maximum atomic E-state index is 11.7. The van der Waals surface area contributed by atoms with Crippen molar-refractivity contribution in [3.8, 4) is 0 Å². The third-order valence-corrected chi connectivity index (χ3v) is 5.97. The second-order valence-corrected chi connectivity index (χ2v) is 9.08. The Kier molecular flexibility index (Phi) is 20.6. The molecule has 0 aliphatic rings. The van der Waals surface area contributed by atoms with Gasteiger partial charge >= 0.3 is 13.8 Å². The zero-order valence-corrected chi connectivity index (χ0v) is 20.2. The molecule has 0 spiro atoms. The van der Waals surface area contributed by atoms with Crippen LogP contribution in [0, 0.1) is 0 Å². The van der Waals surface area contributed by atoms with Gasteiger partial charge in [0.2, 0.25) is 0 Å². The average molecular weight is 447 g/mol. The summed E-state index contributed by atoms with van der Waals surface area (Å²) >= 11 is 0. The molecular weight excluding hydrogens is 403 g/mol. The predicted molar refractivity (Wildman–Crippen MR) is 123 cm³/mol. The summed E-state index contributed by atoms with van der Waals surface area (Å²) in [6, 6.07) is 0. The van der Waals surface area contributed by atoms with E-state index >= 15 is 0 Å². The van der Waals surface area contributed by atoms with E-state index in [2.05, 4.69) is 40.3 Å². The molecule has 30 heavy (non-hydrogen) atoms. The third-order valence-electron chi connectivity index (χ3n) is 4.58. The number of hydrogen-bond acceptors (Lipinski definition) is 6. The molecule has 0 aromatic rings. The number of allylic oxidation sites excluding steroid dienone is 4. The molecule has 0 aliphatic heterocycles. The SMILES string of the molecule is CCCCC/C=C\C/C=C\CCCCCCCC(=O)OCCCOP(=O)(OC)OC. The molecule has 7 heteroatoms. The molecular formula is C23H43O6P. The largest absolute Gasteiger partial charge is 0.474 e. The number of ether oxygens (including phenoxy) is 1. The van der Waals surface area contributed by atoms with Gasteiger partial charge in [-0.15, -0.1) is 0 Å². The van der Waals surface area contributed by atoms with Crippen LogP contribution in [0.25, 0.3) is 0 Å². The number of phosphoric ester groups is 1. The summed E-state index contributed by atoms with van der Waals surface area (Å²) in [5.41, 5.74) is 0. The highest BCUT2D eigenvalue weighted by Crippen LogP contribution is 2.47. The van der Waals surface area contributed by atoms with Crippen molar-refractivity contribution in [3.63, 3.8) is 0 Å². The summed E-state index contributed by atoms with van der Waals surface area (Å²) in [5.74, 6) is -0.192. The lowest BCUT2D eigenvalue weighted by Crippen LogP contribution is -2.08. The Balaban J connectivity index is 3.41. The summed E-state index contributed by atoms with van der Waals surface area (Å²) in [5, 5.41) is 0. The van der Waals surface area contributed by atoms with Gasteiger partial charge in [-0.1, -0.05) is 63.3 Å². The molecule has 0 saturated heterocycles. The van der Waals surface area contributed by atoms with Crippen LogP contribution < -0.4 is 0 Å². The Labute approximate surface area is 184 Å². The van der Waals surface area contributed by atoms with Crippen molar-refractivity contribution in [2.24, 2.45) is 0 Å². The highest BCUT2D eigenvalue weighted by atomic mass is 31.2. The van der Waals surface area contributed by atoms with E-state index in [1.165, 1.54) is 52.7 Å². The van der Waals surface area contributed by atoms with Crippen LogP contribution in [-0.2, 0) is 27.7 Å². The fourth-order valence-corrected chi connectivity index (χ4v) is 3.47. The maximum absolute atomic E-state index is 11.7. The van der Waals surface area contributed by atoms with Crippen molar-refractivity contribution in [1.29, 1.82) is 0 Å². The number of carbonyl (C=O) groups excluding carboxylic acids is 1. The van der Waals surface area contributed by atoms with Gasteiger partial charge in [0.05, 0.1) is 13.2 Å². The van der Waals surface area contributed by atoms with E-state index in [1.54, 1.807) is 0 Å². The summed E-state index contributed by atoms with van der Waals surface area (Å²) < 4.78 is 31.1. The molecule has 0 heterocycles. The van der Waals surface area contributed by atoms with E-state index in [4.69, 9.17) is 9.26 Å². The third kappa shape index (κ3) is 19.0. The molecule has 0 rings (SSSR count). The van der Waals surface area contributed by atoms with Crippen molar-refractivity contribution < 1.29 is 27.7 Å². The molecule has 0 amide bonds. The predicted octanol–water partition coefficient (Wildman–Crippen LogP) is 7.15. The number of rotatable bonds is 21. The molecule has 0 aliphatic carbocycles. The van der Waals surface area contributed by atoms with E-state index in [0.717, 1.165) is 32.1 Å². The number of hydrogen-bond donors (Lipinski definition) is 0. The zero-order chi connectivity index (χ0) is 22.3. The van der Waals surface area contributed by atoms with Gasteiger partial charge in [-0.2, -0.15) is 0 Å². The van der Waals surface area contributed by atoms with E-state index in [1.807, 2.05) is 0 Å². The van der Waals surface area contributed by atoms with Gasteiger partial charge in [-0.3, -0.25) is 18.4 Å². The lowest BCUT2D eigenvalue weighted by Gasteiger charge is -2.12. The fourth-order valence-electron chi connectivity index (χ4n) is 2.75. The molecule has 0 aromatic heterocycles. The number of phosphoric acid groups is 1. The van der Waals surface area contributed by atoms with Gasteiger partial charge in [0.25, 0.3) is 0 Å². The van der Waals surface area contributed by atoms with Crippen LogP contribution in [0.1, 0.15) is 90.4 Å². The smallest absolute Gasteiger partial charge is 0.466 e. The molecule has 0 unspecified atom stereocenters. The molecule has 0 aromatic carbocycles. The van der Waals surface area contributed by atoms with Crippen molar-refractivity contribution in [3.05, 3.63) is 24.3 Å². The van der Waals surface area contributed by atoms with Crippen molar-refractivity contribution in [2.45, 2.75) is 90.4 Å². The second kappa shape index (κ2) is 21.3. The standard InChI is InChI=1S/C23H43O6P/c1-4-5-6-7-8-9-10-11-12-13-14-15-16-17-18-20-23(24)28-21-19-22-29-30(25,26-2)27-3/h8-9,11-12H,4-7,10,13-22H2,1-3H3/b9-8-,12-11-. The molecule has 6 nitrogen and oxygen atoms in total. The van der Waals surface area contributed by atoms with E-state index < -0.39 is 7.82 Å². The van der Waals surface area contributed by atoms with Gasteiger partial charge in [-0.25, -0.2) is 4.57 Å². The Morgan fingerprint density at radius 3 is 2.00 bits per heavy atom. The van der Waals surface area contributed by atoms with Gasteiger partial charge in [0, 0.05) is 27.1 Å². The zero-order valence-electron chi connectivity index (χ0n) is 19.3. The Bertz CT molecular complexity index is 496. The minimum Gasteiger partial charge on any atom is -0.466 e. The minimum atomic E-state index is -3.44. The van der Waals surface area contributed by atoms with E-state index in [-0.39, 0.29) is 19.2 Å². The van der Waals surface area contributed by atoms with E-state index in [9.17, 15) is 9.36 Å². The van der Waals surface area contributed by atoms with Crippen LogP contribution in [0.2, 0.25) is 0 Å². The van der Waals surface area contributed by atoms with Crippen LogP contribution in [-0.4, -0.2) is 33.4 Å². The van der Waals surface area contributed by atoms with Gasteiger partial charge in [0.1, 0.15) is 0 Å². The molecule has 0 radical (unpaired) electrons. The highest BCUT2D eigenvalue weighted by molar-refractivity contribution is 7.48. The average Bonchev–Trinajstić information content (AvgIpc) is 2.76. The maximum Gasteiger partial charge on any atom is 0.474 e. The molecule has 0 N–H and O–H groups in total. The van der Waals surface area contributed by atoms with Gasteiger partial charge in [0.15, 0.2) is 0 Å². The van der Waals surface area contributed by atoms with Crippen LogP contribution in [0.15, 0.2) is 24.3 Å². The topological polar surface area (TPSA) is 71.1 Å². The number of unbranched alkanes of at least 4 members (excludes halogenated alkanes) is 8. The summed E-state index contributed by atoms with van der Waals surface area (Å²) in [6.07, 6.45) is 22.7. The van der Waals surface area contributed by atoms with Crippen LogP contribution >= 0.6 is 7.82 Å². The molecule has 0 bridgehead atoms. The quantitative estimate of drug-likeness (QED) is 0.0807. The first-order valence-corrected chi connectivity index (χ1v) is 12.9. The highest BCUT2D eigenvalue weighted by Gasteiger charge is 2.21. The van der Waals surface area contributed by atoms with Crippen LogP contribution in [0.4, 0.5) is 0 Å². The van der Waals surface area contributed by atoms with Crippen LogP contribution in [0.5, 0.6) is 0 Å². The molecule has 0 atom stereocenters. The Hall–Kier alpha value is -0.940. The lowest BCUT2D eigenvalue weighted by atomic mass is 10.1. The monoisotopic (exact) mass is 446 g/mol. The van der Waals surface area contributed by atoms with Gasteiger partial charge in [-0.05, 0) is 38.5 Å². The summed E-state index contributed by atoms with van der Waals surface area (Å²) in [6.45, 7) is 2.62. The van der Waals surface area contributed by atoms with Gasteiger partial charge < -0.3 is 4.74 Å². The fraction of sp³-hybridized carbons (Fsp3) is 0.783. The first-order chi connectivity index (χ1) is 14.6. The first-order valence-electron chi connectivity index (χ1n) is 11.4. The second-order valence-electron chi connectivity index (χ2n) is 7.20. The lowest BCUT2D eigenvalue weighted by molar-refractivity contribution is -0.144. The van der Waals surface area contributed by atoms with Crippen molar-refractivity contribution in [2.75, 3.05) is 27.4 Å². The Morgan fingerprint density at radius 1 is 0.767 bits per heavy atom. The molecule has 176 valence electrons. The summed E-state index contributed by atoms with van der Waals surface area (Å²) in [4.78, 5) is 11.7. The Morgan fingerprint density at radius 2 is 1.37 bits per heavy atom. The summed E-state index contributed by atoms with van der Waals surface area (Å²) in [7, 11) is -0.919. The van der Waals surface area contributed by atoms with E-state index in [0.29, 0.717) is 12.8 Å². The van der Waals surface area contributed by atoms with Crippen LogP contribution in [0.3, 0.4) is 0 Å². The normalized spacial score (nSPS) is 12.2. The van der Waals surface area contributed by atoms with Crippen molar-refractivity contribution in [1.82, 2.24) is 0 Å². The molecule has 0 fully saturated rings. The van der Waals surface area contributed by atoms with Crippen molar-refractivity contribution >= 4 is 13.8 Å². The number of esters is 1.